The van der Waals surface area contributed by atoms with Gasteiger partial charge < -0.3 is 16.2 Å². The number of phenols is 1. The number of para-hydroxylation sites is 1. The van der Waals surface area contributed by atoms with Crippen molar-refractivity contribution in [2.75, 3.05) is 5.32 Å². The summed E-state index contributed by atoms with van der Waals surface area (Å²) in [6.07, 6.45) is 0. The van der Waals surface area contributed by atoms with E-state index in [-0.39, 0.29) is 11.7 Å². The zero-order valence-electron chi connectivity index (χ0n) is 10.6. The second-order valence-corrected chi connectivity index (χ2v) is 4.37. The van der Waals surface area contributed by atoms with Crippen molar-refractivity contribution in [1.82, 2.24) is 0 Å². The Hall–Kier alpha value is -2.33. The van der Waals surface area contributed by atoms with Gasteiger partial charge >= 0.3 is 0 Å². The van der Waals surface area contributed by atoms with Gasteiger partial charge in [0.05, 0.1) is 6.04 Å². The summed E-state index contributed by atoms with van der Waals surface area (Å²) in [5.74, 6) is 0.00479. The fraction of sp³-hybridized carbons (Fsp3) is 0.133. The highest BCUT2D eigenvalue weighted by Gasteiger charge is 2.08. The molecule has 1 atom stereocenters. The van der Waals surface area contributed by atoms with Crippen molar-refractivity contribution < 1.29 is 9.90 Å². The van der Waals surface area contributed by atoms with E-state index in [0.717, 1.165) is 11.1 Å². The van der Waals surface area contributed by atoms with Gasteiger partial charge in [-0.3, -0.25) is 4.79 Å². The van der Waals surface area contributed by atoms with Gasteiger partial charge in [-0.25, -0.2) is 0 Å². The van der Waals surface area contributed by atoms with E-state index in [0.29, 0.717) is 5.69 Å². The molecule has 0 fully saturated rings. The van der Waals surface area contributed by atoms with Crippen LogP contribution in [0.4, 0.5) is 5.69 Å². The number of carbonyl (C=O) groups is 1. The lowest BCUT2D eigenvalue weighted by Gasteiger charge is -2.09. The van der Waals surface area contributed by atoms with Crippen LogP contribution >= 0.6 is 0 Å². The third kappa shape index (κ3) is 3.11. The van der Waals surface area contributed by atoms with Crippen LogP contribution in [0.25, 0.3) is 11.1 Å². The lowest BCUT2D eigenvalue weighted by atomic mass is 10.0. The van der Waals surface area contributed by atoms with Crippen molar-refractivity contribution in [2.24, 2.45) is 5.73 Å². The summed E-state index contributed by atoms with van der Waals surface area (Å²) >= 11 is 0. The van der Waals surface area contributed by atoms with Gasteiger partial charge in [-0.2, -0.15) is 0 Å². The van der Waals surface area contributed by atoms with Crippen LogP contribution in [0.5, 0.6) is 5.75 Å². The van der Waals surface area contributed by atoms with Crippen LogP contribution in [0, 0.1) is 0 Å². The van der Waals surface area contributed by atoms with Crippen LogP contribution in [0.3, 0.4) is 0 Å². The molecule has 4 N–H and O–H groups in total. The molecule has 4 nitrogen and oxygen atoms in total. The summed E-state index contributed by atoms with van der Waals surface area (Å²) < 4.78 is 0. The van der Waals surface area contributed by atoms with Crippen LogP contribution in [-0.2, 0) is 4.79 Å². The first-order valence-electron chi connectivity index (χ1n) is 6.03. The van der Waals surface area contributed by atoms with Crippen molar-refractivity contribution in [1.29, 1.82) is 0 Å². The monoisotopic (exact) mass is 256 g/mol. The van der Waals surface area contributed by atoms with Gasteiger partial charge in [-0.1, -0.05) is 30.3 Å². The van der Waals surface area contributed by atoms with Gasteiger partial charge in [0.15, 0.2) is 0 Å². The fourth-order valence-electron chi connectivity index (χ4n) is 1.71. The molecule has 2 aromatic carbocycles. The number of benzene rings is 2. The molecule has 0 saturated heterocycles. The molecule has 0 spiro atoms. The second-order valence-electron chi connectivity index (χ2n) is 4.37. The predicted molar refractivity (Wildman–Crippen MR) is 75.8 cm³/mol. The van der Waals surface area contributed by atoms with Gasteiger partial charge in [0.25, 0.3) is 0 Å². The molecule has 0 saturated carbocycles. The average Bonchev–Trinajstić information content (AvgIpc) is 2.40. The maximum Gasteiger partial charge on any atom is 0.240 e. The summed E-state index contributed by atoms with van der Waals surface area (Å²) in [5, 5.41) is 12.5. The maximum atomic E-state index is 11.4. The molecular formula is C15H16N2O2. The Balaban J connectivity index is 2.20. The number of carbonyl (C=O) groups excluding carboxylic acids is 1. The molecule has 0 bridgehead atoms. The minimum absolute atomic E-state index is 0.227. The first-order valence-corrected chi connectivity index (χ1v) is 6.03. The zero-order chi connectivity index (χ0) is 13.8. The van der Waals surface area contributed by atoms with Gasteiger partial charge in [0, 0.05) is 11.3 Å². The zero-order valence-corrected chi connectivity index (χ0v) is 10.6. The molecule has 0 aliphatic carbocycles. The predicted octanol–water partition coefficient (Wildman–Crippen LogP) is 2.34. The normalized spacial score (nSPS) is 11.9. The average molecular weight is 256 g/mol. The molecular weight excluding hydrogens is 240 g/mol. The van der Waals surface area contributed by atoms with Gasteiger partial charge in [0.1, 0.15) is 5.75 Å². The Morgan fingerprint density at radius 1 is 1.16 bits per heavy atom. The van der Waals surface area contributed by atoms with Crippen molar-refractivity contribution >= 4 is 11.6 Å². The third-order valence-electron chi connectivity index (χ3n) is 2.78. The Morgan fingerprint density at radius 3 is 2.37 bits per heavy atom. The molecule has 1 amide bonds. The number of rotatable bonds is 3. The molecule has 19 heavy (non-hydrogen) atoms. The molecule has 4 heteroatoms. The number of nitrogens with two attached hydrogens (primary N) is 1. The van der Waals surface area contributed by atoms with E-state index in [4.69, 9.17) is 5.73 Å². The number of anilines is 1. The molecule has 1 unspecified atom stereocenters. The smallest absolute Gasteiger partial charge is 0.240 e. The summed E-state index contributed by atoms with van der Waals surface area (Å²) in [4.78, 5) is 11.4. The van der Waals surface area contributed by atoms with E-state index in [2.05, 4.69) is 5.32 Å². The topological polar surface area (TPSA) is 75.4 Å². The van der Waals surface area contributed by atoms with Crippen LogP contribution in [0.1, 0.15) is 6.92 Å². The first-order chi connectivity index (χ1) is 9.08. The molecule has 0 heterocycles. The Labute approximate surface area is 111 Å². The van der Waals surface area contributed by atoms with Crippen molar-refractivity contribution in [3.05, 3.63) is 48.5 Å². The maximum absolute atomic E-state index is 11.4. The SMILES string of the molecule is CC(N)C(=O)Nc1ccc(-c2ccccc2O)cc1. The Morgan fingerprint density at radius 2 is 1.79 bits per heavy atom. The number of phenolic OH excluding ortho intramolecular Hbond substituents is 1. The van der Waals surface area contributed by atoms with Crippen molar-refractivity contribution in [3.63, 3.8) is 0 Å². The van der Waals surface area contributed by atoms with E-state index >= 15 is 0 Å². The van der Waals surface area contributed by atoms with Crippen molar-refractivity contribution in [3.8, 4) is 16.9 Å². The highest BCUT2D eigenvalue weighted by atomic mass is 16.3. The minimum Gasteiger partial charge on any atom is -0.507 e. The van der Waals surface area contributed by atoms with E-state index in [1.165, 1.54) is 0 Å². The van der Waals surface area contributed by atoms with Crippen LogP contribution in [0.15, 0.2) is 48.5 Å². The Bertz CT molecular complexity index is 577. The van der Waals surface area contributed by atoms with E-state index < -0.39 is 6.04 Å². The standard InChI is InChI=1S/C15H16N2O2/c1-10(16)15(19)17-12-8-6-11(7-9-12)13-4-2-3-5-14(13)18/h2-10,18H,16H2,1H3,(H,17,19). The molecule has 98 valence electrons. The lowest BCUT2D eigenvalue weighted by Crippen LogP contribution is -2.32. The van der Waals surface area contributed by atoms with E-state index in [1.54, 1.807) is 31.2 Å². The first kappa shape index (κ1) is 13.1. The van der Waals surface area contributed by atoms with Crippen LogP contribution in [-0.4, -0.2) is 17.1 Å². The summed E-state index contributed by atoms with van der Waals surface area (Å²) in [6.45, 7) is 1.63. The van der Waals surface area contributed by atoms with Crippen LogP contribution < -0.4 is 11.1 Å². The summed E-state index contributed by atoms with van der Waals surface area (Å²) in [7, 11) is 0. The molecule has 0 radical (unpaired) electrons. The number of hydrogen-bond acceptors (Lipinski definition) is 3. The highest BCUT2D eigenvalue weighted by molar-refractivity contribution is 5.94. The largest absolute Gasteiger partial charge is 0.507 e. The van der Waals surface area contributed by atoms with Gasteiger partial charge in [-0.15, -0.1) is 0 Å². The van der Waals surface area contributed by atoms with Crippen molar-refractivity contribution in [2.45, 2.75) is 13.0 Å². The van der Waals surface area contributed by atoms with Gasteiger partial charge in [0.2, 0.25) is 5.91 Å². The fourth-order valence-corrected chi connectivity index (χ4v) is 1.71. The second kappa shape index (κ2) is 5.54. The molecule has 0 aliphatic rings. The Kier molecular flexibility index (Phi) is 3.82. The number of hydrogen-bond donors (Lipinski definition) is 3. The molecule has 0 aliphatic heterocycles. The molecule has 2 aromatic rings. The van der Waals surface area contributed by atoms with E-state index in [9.17, 15) is 9.90 Å². The molecule has 2 rings (SSSR count). The lowest BCUT2D eigenvalue weighted by molar-refractivity contribution is -0.117. The number of nitrogens with one attached hydrogen (secondary N) is 1. The van der Waals surface area contributed by atoms with Crippen LogP contribution in [0.2, 0.25) is 0 Å². The number of amides is 1. The number of aromatic hydroxyl groups is 1. The quantitative estimate of drug-likeness (QED) is 0.789. The van der Waals surface area contributed by atoms with E-state index in [1.807, 2.05) is 24.3 Å². The summed E-state index contributed by atoms with van der Waals surface area (Å²) in [6, 6.07) is 13.8. The van der Waals surface area contributed by atoms with Gasteiger partial charge in [-0.05, 0) is 30.7 Å². The summed E-state index contributed by atoms with van der Waals surface area (Å²) in [5.41, 5.74) is 7.80. The minimum atomic E-state index is -0.544. The molecule has 0 aromatic heterocycles. The third-order valence-corrected chi connectivity index (χ3v) is 2.78. The highest BCUT2D eigenvalue weighted by Crippen LogP contribution is 2.29.